The Hall–Kier alpha value is -2.86. The van der Waals surface area contributed by atoms with Gasteiger partial charge in [-0.15, -0.1) is 0 Å². The van der Waals surface area contributed by atoms with Gasteiger partial charge in [0.1, 0.15) is 0 Å². The van der Waals surface area contributed by atoms with Gasteiger partial charge in [0.05, 0.1) is 16.1 Å². The zero-order valence-corrected chi connectivity index (χ0v) is 16.2. The summed E-state index contributed by atoms with van der Waals surface area (Å²) in [7, 11) is -3.82. The smallest absolute Gasteiger partial charge is 0.261 e. The van der Waals surface area contributed by atoms with Crippen molar-refractivity contribution in [2.45, 2.75) is 18.7 Å². The molecular weight excluding hydrogens is 360 g/mol. The van der Waals surface area contributed by atoms with E-state index < -0.39 is 10.0 Å². The number of rotatable bonds is 6. The third kappa shape index (κ3) is 3.95. The second-order valence-electron chi connectivity index (χ2n) is 6.14. The number of benzene rings is 3. The Kier molecular flexibility index (Phi) is 5.46. The molecule has 0 atom stereocenters. The maximum atomic E-state index is 12.9. The molecule has 0 saturated carbocycles. The second kappa shape index (κ2) is 7.80. The van der Waals surface area contributed by atoms with Gasteiger partial charge in [-0.25, -0.2) is 8.42 Å². The van der Waals surface area contributed by atoms with Crippen molar-refractivity contribution in [3.05, 3.63) is 72.3 Å². The van der Waals surface area contributed by atoms with Gasteiger partial charge in [-0.05, 0) is 48.9 Å². The molecule has 0 saturated heterocycles. The van der Waals surface area contributed by atoms with E-state index in [1.165, 1.54) is 0 Å². The number of nitrogens with zero attached hydrogens (tertiary/aromatic N) is 1. The molecule has 0 bridgehead atoms. The fraction of sp³-hybridized carbons (Fsp3) is 0.190. The summed E-state index contributed by atoms with van der Waals surface area (Å²) in [5.41, 5.74) is 0.619. The van der Waals surface area contributed by atoms with Crippen LogP contribution < -0.4 is 4.72 Å². The van der Waals surface area contributed by atoms with Crippen molar-refractivity contribution < 1.29 is 13.2 Å². The van der Waals surface area contributed by atoms with Crippen LogP contribution in [-0.4, -0.2) is 32.3 Å². The van der Waals surface area contributed by atoms with Gasteiger partial charge in [0.25, 0.3) is 15.9 Å². The molecule has 140 valence electrons. The molecule has 3 aromatic carbocycles. The maximum Gasteiger partial charge on any atom is 0.261 e. The minimum Gasteiger partial charge on any atom is -0.339 e. The molecule has 6 heteroatoms. The average molecular weight is 382 g/mol. The minimum atomic E-state index is -3.82. The lowest BCUT2D eigenvalue weighted by molar-refractivity contribution is 0.0774. The molecule has 0 fully saturated rings. The van der Waals surface area contributed by atoms with E-state index >= 15 is 0 Å². The predicted molar refractivity (Wildman–Crippen MR) is 108 cm³/mol. The molecule has 0 unspecified atom stereocenters. The van der Waals surface area contributed by atoms with E-state index in [2.05, 4.69) is 4.72 Å². The van der Waals surface area contributed by atoms with Crippen LogP contribution in [0, 0.1) is 0 Å². The highest BCUT2D eigenvalue weighted by atomic mass is 32.2. The third-order valence-corrected chi connectivity index (χ3v) is 5.85. The fourth-order valence-corrected chi connectivity index (χ4v) is 4.09. The molecular formula is C21H22N2O3S. The number of anilines is 1. The van der Waals surface area contributed by atoms with Crippen LogP contribution in [0.2, 0.25) is 0 Å². The first-order chi connectivity index (χ1) is 13.0. The van der Waals surface area contributed by atoms with Crippen LogP contribution in [0.5, 0.6) is 0 Å². The van der Waals surface area contributed by atoms with Crippen molar-refractivity contribution >= 4 is 32.4 Å². The average Bonchev–Trinajstić information content (AvgIpc) is 2.68. The molecule has 3 aromatic rings. The second-order valence-corrected chi connectivity index (χ2v) is 7.82. The number of para-hydroxylation sites is 1. The zero-order chi connectivity index (χ0) is 19.4. The monoisotopic (exact) mass is 382 g/mol. The highest BCUT2D eigenvalue weighted by Gasteiger charge is 2.21. The molecule has 0 aliphatic carbocycles. The summed E-state index contributed by atoms with van der Waals surface area (Å²) in [6.45, 7) is 4.90. The lowest BCUT2D eigenvalue weighted by Gasteiger charge is -2.20. The van der Waals surface area contributed by atoms with Crippen LogP contribution in [0.1, 0.15) is 24.2 Å². The van der Waals surface area contributed by atoms with Gasteiger partial charge in [0.2, 0.25) is 0 Å². The van der Waals surface area contributed by atoms with Crippen LogP contribution in [0.3, 0.4) is 0 Å². The van der Waals surface area contributed by atoms with E-state index in [4.69, 9.17) is 0 Å². The van der Waals surface area contributed by atoms with Crippen molar-refractivity contribution in [1.29, 1.82) is 0 Å². The Bertz CT molecular complexity index is 1070. The highest BCUT2D eigenvalue weighted by molar-refractivity contribution is 7.92. The molecule has 1 N–H and O–H groups in total. The molecule has 0 aromatic heterocycles. The Labute approximate surface area is 159 Å². The summed E-state index contributed by atoms with van der Waals surface area (Å²) < 4.78 is 28.4. The van der Waals surface area contributed by atoms with Gasteiger partial charge >= 0.3 is 0 Å². The number of carbonyl (C=O) groups is 1. The van der Waals surface area contributed by atoms with Crippen molar-refractivity contribution in [2.75, 3.05) is 17.8 Å². The lowest BCUT2D eigenvalue weighted by Crippen LogP contribution is -2.31. The van der Waals surface area contributed by atoms with E-state index in [1.807, 2.05) is 38.1 Å². The first-order valence-electron chi connectivity index (χ1n) is 8.86. The third-order valence-electron chi connectivity index (χ3n) is 4.48. The Balaban J connectivity index is 1.97. The highest BCUT2D eigenvalue weighted by Crippen LogP contribution is 2.24. The molecule has 0 spiro atoms. The molecule has 0 heterocycles. The molecule has 0 aliphatic rings. The van der Waals surface area contributed by atoms with Crippen LogP contribution in [-0.2, 0) is 10.0 Å². The van der Waals surface area contributed by atoms with Gasteiger partial charge in [-0.2, -0.15) is 0 Å². The van der Waals surface area contributed by atoms with Gasteiger partial charge < -0.3 is 4.90 Å². The summed E-state index contributed by atoms with van der Waals surface area (Å²) in [4.78, 5) is 14.5. The number of hydrogen-bond acceptors (Lipinski definition) is 3. The number of hydrogen-bond donors (Lipinski definition) is 1. The van der Waals surface area contributed by atoms with Crippen molar-refractivity contribution in [1.82, 2.24) is 4.90 Å². The Morgan fingerprint density at radius 2 is 1.52 bits per heavy atom. The summed E-state index contributed by atoms with van der Waals surface area (Å²) in [5.74, 6) is -0.197. The van der Waals surface area contributed by atoms with Crippen molar-refractivity contribution in [2.24, 2.45) is 0 Å². The number of nitrogens with one attached hydrogen (secondary N) is 1. The van der Waals surface area contributed by atoms with Crippen LogP contribution in [0.4, 0.5) is 5.69 Å². The number of carbonyl (C=O) groups excluding carboxylic acids is 1. The van der Waals surface area contributed by atoms with Crippen LogP contribution >= 0.6 is 0 Å². The molecule has 0 aliphatic heterocycles. The van der Waals surface area contributed by atoms with Crippen LogP contribution in [0.15, 0.2) is 71.6 Å². The SMILES string of the molecule is CCN(CC)C(=O)c1ccccc1NS(=O)(=O)c1ccc2ccccc2c1. The predicted octanol–water partition coefficient (Wildman–Crippen LogP) is 4.12. The summed E-state index contributed by atoms with van der Waals surface area (Å²) in [6, 6.07) is 19.2. The summed E-state index contributed by atoms with van der Waals surface area (Å²) in [6.07, 6.45) is 0. The zero-order valence-electron chi connectivity index (χ0n) is 15.3. The molecule has 0 radical (unpaired) electrons. The summed E-state index contributed by atoms with van der Waals surface area (Å²) in [5, 5.41) is 1.81. The fourth-order valence-electron chi connectivity index (χ4n) is 2.98. The normalized spacial score (nSPS) is 11.3. The molecule has 1 amide bonds. The van der Waals surface area contributed by atoms with Gasteiger partial charge in [0.15, 0.2) is 0 Å². The Morgan fingerprint density at radius 3 is 2.22 bits per heavy atom. The van der Waals surface area contributed by atoms with E-state index in [9.17, 15) is 13.2 Å². The largest absolute Gasteiger partial charge is 0.339 e. The van der Waals surface area contributed by atoms with Crippen molar-refractivity contribution in [3.63, 3.8) is 0 Å². The first-order valence-corrected chi connectivity index (χ1v) is 10.3. The van der Waals surface area contributed by atoms with Crippen LogP contribution in [0.25, 0.3) is 10.8 Å². The number of amides is 1. The number of fused-ring (bicyclic) bond motifs is 1. The topological polar surface area (TPSA) is 66.5 Å². The van der Waals surface area contributed by atoms with E-state index in [-0.39, 0.29) is 16.5 Å². The van der Waals surface area contributed by atoms with Gasteiger partial charge in [-0.3, -0.25) is 9.52 Å². The van der Waals surface area contributed by atoms with Gasteiger partial charge in [0, 0.05) is 13.1 Å². The van der Waals surface area contributed by atoms with Crippen molar-refractivity contribution in [3.8, 4) is 0 Å². The molecule has 5 nitrogen and oxygen atoms in total. The lowest BCUT2D eigenvalue weighted by atomic mass is 10.1. The summed E-state index contributed by atoms with van der Waals surface area (Å²) >= 11 is 0. The minimum absolute atomic E-state index is 0.159. The van der Waals surface area contributed by atoms with E-state index in [1.54, 1.807) is 47.4 Å². The molecule has 3 rings (SSSR count). The standard InChI is InChI=1S/C21H22N2O3S/c1-3-23(4-2)21(24)19-11-7-8-12-20(19)22-27(25,26)18-14-13-16-9-5-6-10-17(16)15-18/h5-15,22H,3-4H2,1-2H3. The van der Waals surface area contributed by atoms with E-state index in [0.717, 1.165) is 10.8 Å². The quantitative estimate of drug-likeness (QED) is 0.697. The first kappa shape index (κ1) is 18.9. The Morgan fingerprint density at radius 1 is 0.889 bits per heavy atom. The number of sulfonamides is 1. The maximum absolute atomic E-state index is 12.9. The van der Waals surface area contributed by atoms with E-state index in [0.29, 0.717) is 18.7 Å². The molecule has 27 heavy (non-hydrogen) atoms. The van der Waals surface area contributed by atoms with Gasteiger partial charge in [-0.1, -0.05) is 42.5 Å².